The zero-order valence-corrected chi connectivity index (χ0v) is 17.0. The Bertz CT molecular complexity index is 588. The smallest absolute Gasteiger partial charge is 0.191 e. The third-order valence-electron chi connectivity index (χ3n) is 5.52. The first-order chi connectivity index (χ1) is 12.5. The summed E-state index contributed by atoms with van der Waals surface area (Å²) in [5.41, 5.74) is 2.84. The summed E-state index contributed by atoms with van der Waals surface area (Å²) >= 11 is 0. The number of hydrogen-bond acceptors (Lipinski definition) is 2. The third kappa shape index (κ3) is 5.47. The molecule has 2 fully saturated rings. The van der Waals surface area contributed by atoms with Gasteiger partial charge >= 0.3 is 0 Å². The first-order valence-electron chi connectivity index (χ1n) is 10.3. The number of guanidine groups is 1. The van der Waals surface area contributed by atoms with Crippen LogP contribution in [0.1, 0.15) is 64.5 Å². The topological polar surface area (TPSA) is 39.7 Å². The highest BCUT2D eigenvalue weighted by Gasteiger charge is 2.31. The van der Waals surface area contributed by atoms with Gasteiger partial charge in [0.05, 0.1) is 6.54 Å². The molecule has 0 spiro atoms. The van der Waals surface area contributed by atoms with Crippen molar-refractivity contribution in [2.24, 2.45) is 4.99 Å². The molecule has 0 radical (unpaired) electrons. The molecule has 1 saturated heterocycles. The van der Waals surface area contributed by atoms with Gasteiger partial charge in [0.25, 0.3) is 0 Å². The van der Waals surface area contributed by atoms with Gasteiger partial charge in [-0.2, -0.15) is 0 Å². The first-order valence-corrected chi connectivity index (χ1v) is 10.3. The number of benzene rings is 1. The van der Waals surface area contributed by atoms with Crippen LogP contribution in [-0.2, 0) is 12.0 Å². The molecule has 4 nitrogen and oxygen atoms in total. The average Bonchev–Trinajstić information content (AvgIpc) is 3.45. The highest BCUT2D eigenvalue weighted by Crippen LogP contribution is 2.29. The van der Waals surface area contributed by atoms with E-state index in [9.17, 15) is 0 Å². The van der Waals surface area contributed by atoms with Crippen LogP contribution < -0.4 is 10.6 Å². The minimum absolute atomic E-state index is 0.202. The van der Waals surface area contributed by atoms with E-state index in [2.05, 4.69) is 67.5 Å². The van der Waals surface area contributed by atoms with Gasteiger partial charge < -0.3 is 15.5 Å². The van der Waals surface area contributed by atoms with E-state index in [4.69, 9.17) is 4.99 Å². The summed E-state index contributed by atoms with van der Waals surface area (Å²) in [5, 5.41) is 7.06. The molecule has 1 aromatic carbocycles. The molecule has 1 aliphatic carbocycles. The molecule has 1 heterocycles. The van der Waals surface area contributed by atoms with E-state index in [1.807, 2.05) is 0 Å². The Morgan fingerprint density at radius 1 is 1.08 bits per heavy atom. The highest BCUT2D eigenvalue weighted by molar-refractivity contribution is 5.80. The van der Waals surface area contributed by atoms with Crippen LogP contribution in [0.4, 0.5) is 0 Å². The molecule has 1 aromatic rings. The molecule has 4 heteroatoms. The van der Waals surface area contributed by atoms with Crippen LogP contribution in [0.3, 0.4) is 0 Å². The zero-order chi connectivity index (χ0) is 18.6. The molecule has 3 rings (SSSR count). The van der Waals surface area contributed by atoms with Gasteiger partial charge in [-0.3, -0.25) is 0 Å². The maximum atomic E-state index is 4.82. The molecule has 0 aromatic heterocycles. The monoisotopic (exact) mass is 356 g/mol. The van der Waals surface area contributed by atoms with Crippen molar-refractivity contribution in [1.29, 1.82) is 0 Å². The molecule has 0 bridgehead atoms. The quantitative estimate of drug-likeness (QED) is 0.625. The predicted octanol–water partition coefficient (Wildman–Crippen LogP) is 3.67. The standard InChI is InChI=1S/C22H36N4/c1-5-23-21(25-19-12-14-26(15-13-19)20-10-11-20)24-16-17-6-8-18(9-7-17)22(2,3)4/h6-9,19-20H,5,10-16H2,1-4H3,(H2,23,24,25). The van der Waals surface area contributed by atoms with Gasteiger partial charge in [0.2, 0.25) is 0 Å². The molecule has 2 N–H and O–H groups in total. The Kier molecular flexibility index (Phi) is 6.23. The maximum Gasteiger partial charge on any atom is 0.191 e. The van der Waals surface area contributed by atoms with Crippen LogP contribution in [0.25, 0.3) is 0 Å². The number of nitrogens with zero attached hydrogens (tertiary/aromatic N) is 2. The molecular weight excluding hydrogens is 320 g/mol. The molecule has 1 aliphatic heterocycles. The second-order valence-corrected chi connectivity index (χ2v) is 8.83. The number of likely N-dealkylation sites (tertiary alicyclic amines) is 1. The summed E-state index contributed by atoms with van der Waals surface area (Å²) in [7, 11) is 0. The zero-order valence-electron chi connectivity index (χ0n) is 17.0. The summed E-state index contributed by atoms with van der Waals surface area (Å²) < 4.78 is 0. The molecule has 0 unspecified atom stereocenters. The lowest BCUT2D eigenvalue weighted by atomic mass is 9.87. The van der Waals surface area contributed by atoms with E-state index >= 15 is 0 Å². The van der Waals surface area contributed by atoms with Gasteiger partial charge in [-0.05, 0) is 49.1 Å². The Labute approximate surface area is 159 Å². The maximum absolute atomic E-state index is 4.82. The number of piperidine rings is 1. The second-order valence-electron chi connectivity index (χ2n) is 8.83. The molecule has 1 saturated carbocycles. The van der Waals surface area contributed by atoms with Crippen molar-refractivity contribution in [1.82, 2.24) is 15.5 Å². The van der Waals surface area contributed by atoms with Gasteiger partial charge in [0.1, 0.15) is 0 Å². The third-order valence-corrected chi connectivity index (χ3v) is 5.52. The van der Waals surface area contributed by atoms with Crippen LogP contribution >= 0.6 is 0 Å². The number of rotatable bonds is 5. The van der Waals surface area contributed by atoms with Crippen molar-refractivity contribution in [3.8, 4) is 0 Å². The molecular formula is C22H36N4. The highest BCUT2D eigenvalue weighted by atomic mass is 15.2. The lowest BCUT2D eigenvalue weighted by molar-refractivity contribution is 0.197. The summed E-state index contributed by atoms with van der Waals surface area (Å²) in [6.45, 7) is 13.0. The largest absolute Gasteiger partial charge is 0.357 e. The van der Waals surface area contributed by atoms with Crippen LogP contribution in [0, 0.1) is 0 Å². The predicted molar refractivity (Wildman–Crippen MR) is 111 cm³/mol. The fourth-order valence-electron chi connectivity index (χ4n) is 3.64. The van der Waals surface area contributed by atoms with E-state index < -0.39 is 0 Å². The fourth-order valence-corrected chi connectivity index (χ4v) is 3.64. The van der Waals surface area contributed by atoms with Crippen molar-refractivity contribution < 1.29 is 0 Å². The van der Waals surface area contributed by atoms with E-state index in [1.54, 1.807) is 0 Å². The van der Waals surface area contributed by atoms with Crippen LogP contribution in [0.2, 0.25) is 0 Å². The van der Waals surface area contributed by atoms with Gasteiger partial charge in [-0.1, -0.05) is 45.0 Å². The van der Waals surface area contributed by atoms with E-state index in [0.717, 1.165) is 25.1 Å². The van der Waals surface area contributed by atoms with Crippen molar-refractivity contribution >= 4 is 5.96 Å². The molecule has 2 aliphatic rings. The number of aliphatic imine (C=N–C) groups is 1. The number of nitrogens with one attached hydrogen (secondary N) is 2. The molecule has 144 valence electrons. The summed E-state index contributed by atoms with van der Waals surface area (Å²) in [6, 6.07) is 10.3. The van der Waals surface area contributed by atoms with Crippen molar-refractivity contribution in [3.63, 3.8) is 0 Å². The van der Waals surface area contributed by atoms with Gasteiger partial charge in [0, 0.05) is 31.7 Å². The normalized spacial score (nSPS) is 20.2. The first kappa shape index (κ1) is 19.2. The lowest BCUT2D eigenvalue weighted by Crippen LogP contribution is -2.49. The van der Waals surface area contributed by atoms with Crippen molar-refractivity contribution in [2.45, 2.75) is 77.4 Å². The van der Waals surface area contributed by atoms with Crippen molar-refractivity contribution in [2.75, 3.05) is 19.6 Å². The van der Waals surface area contributed by atoms with Gasteiger partial charge in [-0.15, -0.1) is 0 Å². The lowest BCUT2D eigenvalue weighted by Gasteiger charge is -2.33. The molecule has 26 heavy (non-hydrogen) atoms. The second kappa shape index (κ2) is 8.43. The van der Waals surface area contributed by atoms with E-state index in [0.29, 0.717) is 6.04 Å². The summed E-state index contributed by atoms with van der Waals surface area (Å²) in [4.78, 5) is 7.48. The SMILES string of the molecule is CCNC(=NCc1ccc(C(C)(C)C)cc1)NC1CCN(C2CC2)CC1. The van der Waals surface area contributed by atoms with Crippen LogP contribution in [0.5, 0.6) is 0 Å². The van der Waals surface area contributed by atoms with Crippen molar-refractivity contribution in [3.05, 3.63) is 35.4 Å². The van der Waals surface area contributed by atoms with Gasteiger partial charge in [0.15, 0.2) is 5.96 Å². The minimum atomic E-state index is 0.202. The van der Waals surface area contributed by atoms with Crippen LogP contribution in [0.15, 0.2) is 29.3 Å². The molecule has 0 atom stereocenters. The summed E-state index contributed by atoms with van der Waals surface area (Å²) in [6.07, 6.45) is 5.27. The average molecular weight is 357 g/mol. The number of hydrogen-bond donors (Lipinski definition) is 2. The Morgan fingerprint density at radius 2 is 1.73 bits per heavy atom. The Balaban J connectivity index is 1.53. The Morgan fingerprint density at radius 3 is 2.27 bits per heavy atom. The Hall–Kier alpha value is -1.55. The summed E-state index contributed by atoms with van der Waals surface area (Å²) in [5.74, 6) is 0.956. The van der Waals surface area contributed by atoms with E-state index in [-0.39, 0.29) is 5.41 Å². The fraction of sp³-hybridized carbons (Fsp3) is 0.682. The minimum Gasteiger partial charge on any atom is -0.357 e. The van der Waals surface area contributed by atoms with Gasteiger partial charge in [-0.25, -0.2) is 4.99 Å². The van der Waals surface area contributed by atoms with Crippen LogP contribution in [-0.4, -0.2) is 42.6 Å². The molecule has 0 amide bonds. The van der Waals surface area contributed by atoms with E-state index in [1.165, 1.54) is 49.9 Å².